The monoisotopic (exact) mass is 255 g/mol. The van der Waals surface area contributed by atoms with Gasteiger partial charge in [-0.15, -0.1) is 0 Å². The molecule has 0 heterocycles. The Morgan fingerprint density at radius 1 is 1.29 bits per heavy atom. The predicted octanol–water partition coefficient (Wildman–Crippen LogP) is 1.27. The molecule has 1 unspecified atom stereocenters. The van der Waals surface area contributed by atoms with Crippen LogP contribution in [0.4, 0.5) is 0 Å². The highest BCUT2D eigenvalue weighted by molar-refractivity contribution is 7.91. The summed E-state index contributed by atoms with van der Waals surface area (Å²) in [5, 5.41) is 2.85. The molecule has 0 bridgehead atoms. The van der Waals surface area contributed by atoms with Crippen LogP contribution < -0.4 is 5.32 Å². The maximum Gasteiger partial charge on any atom is 0.179 e. The summed E-state index contributed by atoms with van der Waals surface area (Å²) < 4.78 is 23.1. The van der Waals surface area contributed by atoms with Crippen molar-refractivity contribution >= 4 is 15.6 Å². The molecule has 1 atom stereocenters. The van der Waals surface area contributed by atoms with Gasteiger partial charge in [-0.05, 0) is 26.1 Å². The average Bonchev–Trinajstić information content (AvgIpc) is 2.37. The lowest BCUT2D eigenvalue weighted by atomic mass is 10.1. The van der Waals surface area contributed by atoms with Gasteiger partial charge < -0.3 is 5.32 Å². The molecule has 0 aliphatic heterocycles. The molecule has 1 N–H and O–H groups in total. The molecule has 5 heteroatoms. The Labute approximate surface area is 102 Å². The summed E-state index contributed by atoms with van der Waals surface area (Å²) in [4.78, 5) is 12.1. The maximum atomic E-state index is 11.8. The molecule has 0 aliphatic rings. The highest BCUT2D eigenvalue weighted by Gasteiger charge is 2.15. The van der Waals surface area contributed by atoms with E-state index in [9.17, 15) is 13.2 Å². The summed E-state index contributed by atoms with van der Waals surface area (Å²) in [6.07, 6.45) is 0. The number of sulfone groups is 1. The zero-order valence-electron chi connectivity index (χ0n) is 10.2. The molecule has 0 radical (unpaired) electrons. The first-order valence-corrected chi connectivity index (χ1v) is 7.12. The van der Waals surface area contributed by atoms with Gasteiger partial charge in [-0.3, -0.25) is 4.79 Å². The van der Waals surface area contributed by atoms with Crippen molar-refractivity contribution in [1.82, 2.24) is 5.32 Å². The van der Waals surface area contributed by atoms with Crippen LogP contribution in [0.15, 0.2) is 29.2 Å². The minimum Gasteiger partial charge on any atom is -0.310 e. The fourth-order valence-corrected chi connectivity index (χ4v) is 2.26. The van der Waals surface area contributed by atoms with Crippen LogP contribution >= 0.6 is 0 Å². The van der Waals surface area contributed by atoms with Crippen molar-refractivity contribution in [2.45, 2.75) is 24.8 Å². The fraction of sp³-hybridized carbons (Fsp3) is 0.417. The molecule has 0 saturated heterocycles. The standard InChI is InChI=1S/C12H17NO3S/c1-4-17(15,16)11-7-5-10(6-8-11)12(14)9(2)13-3/h5-9,13H,4H2,1-3H3. The van der Waals surface area contributed by atoms with Crippen LogP contribution in [-0.2, 0) is 9.84 Å². The molecule has 17 heavy (non-hydrogen) atoms. The van der Waals surface area contributed by atoms with Gasteiger partial charge in [0.2, 0.25) is 0 Å². The van der Waals surface area contributed by atoms with E-state index in [1.165, 1.54) is 12.1 Å². The molecule has 4 nitrogen and oxygen atoms in total. The number of ketones is 1. The van der Waals surface area contributed by atoms with Crippen LogP contribution in [0.1, 0.15) is 24.2 Å². The molecule has 1 aromatic rings. The highest BCUT2D eigenvalue weighted by Crippen LogP contribution is 2.13. The Morgan fingerprint density at radius 2 is 1.82 bits per heavy atom. The molecular weight excluding hydrogens is 238 g/mol. The molecule has 1 rings (SSSR count). The van der Waals surface area contributed by atoms with Crippen molar-refractivity contribution in [3.8, 4) is 0 Å². The molecule has 0 amide bonds. The van der Waals surface area contributed by atoms with Crippen LogP contribution in [0.2, 0.25) is 0 Å². The fourth-order valence-electron chi connectivity index (χ4n) is 1.37. The number of benzene rings is 1. The highest BCUT2D eigenvalue weighted by atomic mass is 32.2. The van der Waals surface area contributed by atoms with Gasteiger partial charge in [0.15, 0.2) is 15.6 Å². The number of hydrogen-bond acceptors (Lipinski definition) is 4. The molecule has 0 saturated carbocycles. The summed E-state index contributed by atoms with van der Waals surface area (Å²) >= 11 is 0. The van der Waals surface area contributed by atoms with E-state index in [1.54, 1.807) is 33.0 Å². The minimum atomic E-state index is -3.19. The number of likely N-dealkylation sites (N-methyl/N-ethyl adjacent to an activating group) is 1. The minimum absolute atomic E-state index is 0.0482. The van der Waals surface area contributed by atoms with Gasteiger partial charge in [-0.2, -0.15) is 0 Å². The zero-order valence-corrected chi connectivity index (χ0v) is 11.0. The van der Waals surface area contributed by atoms with Crippen LogP contribution in [-0.4, -0.2) is 33.0 Å². The van der Waals surface area contributed by atoms with Crippen molar-refractivity contribution in [3.63, 3.8) is 0 Å². The van der Waals surface area contributed by atoms with E-state index in [1.807, 2.05) is 0 Å². The molecule has 94 valence electrons. The Bertz CT molecular complexity index is 491. The quantitative estimate of drug-likeness (QED) is 0.805. The Kier molecular flexibility index (Phi) is 4.42. The van der Waals surface area contributed by atoms with Crippen molar-refractivity contribution in [1.29, 1.82) is 0 Å². The lowest BCUT2D eigenvalue weighted by Gasteiger charge is -2.09. The second-order valence-corrected chi connectivity index (χ2v) is 6.08. The first kappa shape index (κ1) is 13.9. The van der Waals surface area contributed by atoms with Gasteiger partial charge in [0.25, 0.3) is 0 Å². The van der Waals surface area contributed by atoms with Crippen molar-refractivity contribution in [2.24, 2.45) is 0 Å². The average molecular weight is 255 g/mol. The summed E-state index contributed by atoms with van der Waals surface area (Å²) in [5.41, 5.74) is 0.516. The van der Waals surface area contributed by atoms with Gasteiger partial charge in [0, 0.05) is 5.56 Å². The first-order valence-electron chi connectivity index (χ1n) is 5.46. The van der Waals surface area contributed by atoms with Gasteiger partial charge in [0.1, 0.15) is 0 Å². The van der Waals surface area contributed by atoms with E-state index in [0.29, 0.717) is 5.56 Å². The first-order chi connectivity index (χ1) is 7.92. The number of carbonyl (C=O) groups is 1. The third-order valence-corrected chi connectivity index (χ3v) is 4.45. The largest absolute Gasteiger partial charge is 0.310 e. The smallest absolute Gasteiger partial charge is 0.179 e. The third-order valence-electron chi connectivity index (χ3n) is 2.70. The van der Waals surface area contributed by atoms with E-state index < -0.39 is 9.84 Å². The number of Topliss-reactive ketones (excluding diaryl/α,β-unsaturated/α-hetero) is 1. The zero-order chi connectivity index (χ0) is 13.1. The molecule has 0 aromatic heterocycles. The molecule has 0 aliphatic carbocycles. The number of nitrogens with one attached hydrogen (secondary N) is 1. The van der Waals surface area contributed by atoms with Gasteiger partial charge in [-0.25, -0.2) is 8.42 Å². The van der Waals surface area contributed by atoms with Crippen LogP contribution in [0.3, 0.4) is 0 Å². The van der Waals surface area contributed by atoms with Gasteiger partial charge in [-0.1, -0.05) is 19.1 Å². The van der Waals surface area contributed by atoms with Crippen molar-refractivity contribution in [3.05, 3.63) is 29.8 Å². The third kappa shape index (κ3) is 3.14. The van der Waals surface area contributed by atoms with Crippen molar-refractivity contribution < 1.29 is 13.2 Å². The lowest BCUT2D eigenvalue weighted by Crippen LogP contribution is -2.30. The molecule has 0 spiro atoms. The van der Waals surface area contributed by atoms with Crippen molar-refractivity contribution in [2.75, 3.05) is 12.8 Å². The maximum absolute atomic E-state index is 11.8. The summed E-state index contributed by atoms with van der Waals surface area (Å²) in [5.74, 6) is 0.0145. The number of carbonyl (C=O) groups excluding carboxylic acids is 1. The Balaban J connectivity index is 3.01. The number of rotatable bonds is 5. The van der Waals surface area contributed by atoms with Crippen LogP contribution in [0.5, 0.6) is 0 Å². The van der Waals surface area contributed by atoms with E-state index in [-0.39, 0.29) is 22.5 Å². The number of hydrogen-bond donors (Lipinski definition) is 1. The van der Waals surface area contributed by atoms with Crippen LogP contribution in [0.25, 0.3) is 0 Å². The Morgan fingerprint density at radius 3 is 2.24 bits per heavy atom. The lowest BCUT2D eigenvalue weighted by molar-refractivity contribution is 0.0955. The Hall–Kier alpha value is -1.20. The summed E-state index contributed by atoms with van der Waals surface area (Å²) in [6, 6.07) is 5.80. The van der Waals surface area contributed by atoms with E-state index in [0.717, 1.165) is 0 Å². The second kappa shape index (κ2) is 5.42. The van der Waals surface area contributed by atoms with Crippen LogP contribution in [0, 0.1) is 0 Å². The SMILES string of the molecule is CCS(=O)(=O)c1ccc(C(=O)C(C)NC)cc1. The van der Waals surface area contributed by atoms with E-state index in [2.05, 4.69) is 5.32 Å². The van der Waals surface area contributed by atoms with Gasteiger partial charge in [0.05, 0.1) is 16.7 Å². The molecular formula is C12H17NO3S. The topological polar surface area (TPSA) is 63.2 Å². The van der Waals surface area contributed by atoms with E-state index >= 15 is 0 Å². The second-order valence-electron chi connectivity index (χ2n) is 3.80. The molecule has 0 fully saturated rings. The summed E-state index contributed by atoms with van der Waals surface area (Å²) in [7, 11) is -1.49. The summed E-state index contributed by atoms with van der Waals surface area (Å²) in [6.45, 7) is 3.36. The van der Waals surface area contributed by atoms with E-state index in [4.69, 9.17) is 0 Å². The predicted molar refractivity (Wildman–Crippen MR) is 67.0 cm³/mol. The van der Waals surface area contributed by atoms with Gasteiger partial charge >= 0.3 is 0 Å². The molecule has 1 aromatic carbocycles. The normalized spacial score (nSPS) is 13.4.